The Labute approximate surface area is 170 Å². The number of carbonyl (C=O) groups is 1. The number of aromatic nitrogens is 1. The molecule has 5 nitrogen and oxygen atoms in total. The maximum Gasteiger partial charge on any atom is 0.337 e. The second-order valence-corrected chi connectivity index (χ2v) is 9.66. The third-order valence-electron chi connectivity index (χ3n) is 4.87. The Morgan fingerprint density at radius 2 is 1.93 bits per heavy atom. The highest BCUT2D eigenvalue weighted by Gasteiger charge is 2.36. The van der Waals surface area contributed by atoms with Crippen molar-refractivity contribution in [1.29, 1.82) is 0 Å². The van der Waals surface area contributed by atoms with E-state index in [0.717, 1.165) is 31.6 Å². The highest BCUT2D eigenvalue weighted by Crippen LogP contribution is 2.42. The lowest BCUT2D eigenvalue weighted by molar-refractivity contribution is -0.160. The van der Waals surface area contributed by atoms with Crippen LogP contribution in [0.2, 0.25) is 0 Å². The predicted octanol–water partition coefficient (Wildman–Crippen LogP) is 4.70. The number of terminal acetylenes is 1. The van der Waals surface area contributed by atoms with Crippen LogP contribution in [0.15, 0.2) is 4.47 Å². The Morgan fingerprint density at radius 3 is 2.37 bits per heavy atom. The standard InChI is InChI=1S/C21H29BrN2O3/c1-8-14-16(22)17(24-11-9-21(6,7)10-12-24)15(13(2)23-14)18(19(25)26)27-20(3,4)5/h1,18H,9-12H2,2-7H3,(H,25,26). The van der Waals surface area contributed by atoms with E-state index in [2.05, 4.69) is 45.6 Å². The molecule has 1 atom stereocenters. The summed E-state index contributed by atoms with van der Waals surface area (Å²) in [7, 11) is 0. The van der Waals surface area contributed by atoms with E-state index >= 15 is 0 Å². The molecule has 0 saturated carbocycles. The van der Waals surface area contributed by atoms with E-state index in [4.69, 9.17) is 11.2 Å². The number of pyridine rings is 1. The van der Waals surface area contributed by atoms with E-state index in [1.165, 1.54) is 0 Å². The number of piperidine rings is 1. The first kappa shape index (κ1) is 21.7. The van der Waals surface area contributed by atoms with E-state index in [0.29, 0.717) is 21.4 Å². The summed E-state index contributed by atoms with van der Waals surface area (Å²) in [6.07, 6.45) is 6.56. The van der Waals surface area contributed by atoms with Gasteiger partial charge in [-0.3, -0.25) is 0 Å². The predicted molar refractivity (Wildman–Crippen MR) is 111 cm³/mol. The van der Waals surface area contributed by atoms with Crippen LogP contribution in [0.3, 0.4) is 0 Å². The Hall–Kier alpha value is -1.58. The molecule has 0 aromatic carbocycles. The van der Waals surface area contributed by atoms with Gasteiger partial charge in [-0.05, 0) is 67.8 Å². The van der Waals surface area contributed by atoms with Crippen LogP contribution in [0, 0.1) is 24.7 Å². The zero-order valence-electron chi connectivity index (χ0n) is 17.0. The number of anilines is 1. The van der Waals surface area contributed by atoms with Crippen molar-refractivity contribution in [2.75, 3.05) is 18.0 Å². The van der Waals surface area contributed by atoms with Gasteiger partial charge in [0, 0.05) is 24.3 Å². The Morgan fingerprint density at radius 1 is 1.37 bits per heavy atom. The third-order valence-corrected chi connectivity index (χ3v) is 5.62. The highest BCUT2D eigenvalue weighted by atomic mass is 79.9. The van der Waals surface area contributed by atoms with Gasteiger partial charge in [0.2, 0.25) is 0 Å². The lowest BCUT2D eigenvalue weighted by Gasteiger charge is -2.40. The van der Waals surface area contributed by atoms with Crippen molar-refractivity contribution < 1.29 is 14.6 Å². The molecule has 0 aliphatic carbocycles. The molecule has 148 valence electrons. The summed E-state index contributed by atoms with van der Waals surface area (Å²) in [6, 6.07) is 0. The fourth-order valence-electron chi connectivity index (χ4n) is 3.32. The van der Waals surface area contributed by atoms with Crippen molar-refractivity contribution in [2.24, 2.45) is 5.41 Å². The summed E-state index contributed by atoms with van der Waals surface area (Å²) in [5.41, 5.74) is 2.09. The Balaban J connectivity index is 2.64. The zero-order chi connectivity index (χ0) is 20.6. The number of rotatable bonds is 4. The largest absolute Gasteiger partial charge is 0.479 e. The second kappa shape index (κ2) is 7.81. The van der Waals surface area contributed by atoms with Crippen LogP contribution in [-0.4, -0.2) is 34.8 Å². The van der Waals surface area contributed by atoms with Crippen LogP contribution in [0.25, 0.3) is 0 Å². The molecule has 6 heteroatoms. The molecule has 2 rings (SSSR count). The lowest BCUT2D eigenvalue weighted by atomic mass is 9.82. The van der Waals surface area contributed by atoms with Crippen molar-refractivity contribution in [3.63, 3.8) is 0 Å². The minimum Gasteiger partial charge on any atom is -0.479 e. The molecule has 1 aliphatic heterocycles. The second-order valence-electron chi connectivity index (χ2n) is 8.87. The monoisotopic (exact) mass is 436 g/mol. The van der Waals surface area contributed by atoms with Gasteiger partial charge in [-0.2, -0.15) is 0 Å². The summed E-state index contributed by atoms with van der Waals surface area (Å²) >= 11 is 3.59. The van der Waals surface area contributed by atoms with Gasteiger partial charge in [0.15, 0.2) is 6.10 Å². The maximum atomic E-state index is 12.1. The van der Waals surface area contributed by atoms with Crippen molar-refractivity contribution in [2.45, 2.75) is 66.1 Å². The average molecular weight is 437 g/mol. The molecule has 1 unspecified atom stereocenters. The smallest absolute Gasteiger partial charge is 0.337 e. The van der Waals surface area contributed by atoms with Crippen LogP contribution in [0.1, 0.15) is 70.5 Å². The number of carboxylic acids is 1. The van der Waals surface area contributed by atoms with Crippen LogP contribution >= 0.6 is 15.9 Å². The molecule has 27 heavy (non-hydrogen) atoms. The minimum absolute atomic E-state index is 0.272. The van der Waals surface area contributed by atoms with Crippen molar-refractivity contribution >= 4 is 27.6 Å². The van der Waals surface area contributed by atoms with Gasteiger partial charge in [0.25, 0.3) is 0 Å². The van der Waals surface area contributed by atoms with Crippen LogP contribution < -0.4 is 4.90 Å². The summed E-state index contributed by atoms with van der Waals surface area (Å²) in [6.45, 7) is 13.5. The maximum absolute atomic E-state index is 12.1. The van der Waals surface area contributed by atoms with E-state index in [9.17, 15) is 9.90 Å². The first-order valence-corrected chi connectivity index (χ1v) is 9.98. The highest BCUT2D eigenvalue weighted by molar-refractivity contribution is 9.10. The van der Waals surface area contributed by atoms with E-state index in [1.54, 1.807) is 6.92 Å². The van der Waals surface area contributed by atoms with Crippen molar-refractivity contribution in [3.8, 4) is 12.3 Å². The molecule has 0 amide bonds. The number of ether oxygens (including phenoxy) is 1. The molecule has 1 aromatic rings. The lowest BCUT2D eigenvalue weighted by Crippen LogP contribution is -2.39. The fourth-order valence-corrected chi connectivity index (χ4v) is 3.99. The number of hydrogen-bond donors (Lipinski definition) is 1. The minimum atomic E-state index is -1.12. The summed E-state index contributed by atoms with van der Waals surface area (Å²) in [4.78, 5) is 18.8. The van der Waals surface area contributed by atoms with Gasteiger partial charge < -0.3 is 14.7 Å². The van der Waals surface area contributed by atoms with Gasteiger partial charge in [-0.1, -0.05) is 13.8 Å². The molecule has 2 heterocycles. The normalized spacial score (nSPS) is 18.1. The summed E-state index contributed by atoms with van der Waals surface area (Å²) < 4.78 is 6.59. The van der Waals surface area contributed by atoms with Gasteiger partial charge in [0.05, 0.1) is 15.8 Å². The third kappa shape index (κ3) is 5.03. The number of nitrogens with zero attached hydrogens (tertiary/aromatic N) is 2. The number of aliphatic carboxylic acids is 1. The van der Waals surface area contributed by atoms with Gasteiger partial charge in [-0.15, -0.1) is 6.42 Å². The van der Waals surface area contributed by atoms with Crippen LogP contribution in [0.4, 0.5) is 5.69 Å². The van der Waals surface area contributed by atoms with Crippen LogP contribution in [-0.2, 0) is 9.53 Å². The molecule has 1 N–H and O–H groups in total. The molecular weight excluding hydrogens is 408 g/mol. The Bertz CT molecular complexity index is 765. The quantitative estimate of drug-likeness (QED) is 0.692. The van der Waals surface area contributed by atoms with Gasteiger partial charge in [-0.25, -0.2) is 9.78 Å². The number of carboxylic acid groups (broad SMARTS) is 1. The van der Waals surface area contributed by atoms with E-state index in [-0.39, 0.29) is 5.41 Å². The summed E-state index contributed by atoms with van der Waals surface area (Å²) in [5.74, 6) is 1.57. The van der Waals surface area contributed by atoms with E-state index in [1.807, 2.05) is 20.8 Å². The summed E-state index contributed by atoms with van der Waals surface area (Å²) in [5, 5.41) is 9.91. The van der Waals surface area contributed by atoms with Gasteiger partial charge >= 0.3 is 5.97 Å². The van der Waals surface area contributed by atoms with Crippen molar-refractivity contribution in [3.05, 3.63) is 21.4 Å². The Kier molecular flexibility index (Phi) is 6.28. The molecule has 0 spiro atoms. The van der Waals surface area contributed by atoms with Crippen molar-refractivity contribution in [1.82, 2.24) is 4.98 Å². The molecule has 1 fully saturated rings. The first-order chi connectivity index (χ1) is 12.4. The topological polar surface area (TPSA) is 62.7 Å². The molecule has 1 aliphatic rings. The van der Waals surface area contributed by atoms with Gasteiger partial charge in [0.1, 0.15) is 5.69 Å². The SMILES string of the molecule is C#Cc1nc(C)c(C(OC(C)(C)C)C(=O)O)c(N2CCC(C)(C)CC2)c1Br. The number of aryl methyl sites for hydroxylation is 1. The van der Waals surface area contributed by atoms with E-state index < -0.39 is 17.7 Å². The molecular formula is C21H29BrN2O3. The average Bonchev–Trinajstić information content (AvgIpc) is 2.54. The number of hydrogen-bond acceptors (Lipinski definition) is 4. The number of halogens is 1. The fraction of sp³-hybridized carbons (Fsp3) is 0.619. The zero-order valence-corrected chi connectivity index (χ0v) is 18.6. The first-order valence-electron chi connectivity index (χ1n) is 9.18. The van der Waals surface area contributed by atoms with Crippen LogP contribution in [0.5, 0.6) is 0 Å². The molecule has 1 aromatic heterocycles. The molecule has 0 bridgehead atoms. The molecule has 1 saturated heterocycles. The molecule has 0 radical (unpaired) electrons.